The number of carboxylic acids is 2. The van der Waals surface area contributed by atoms with Gasteiger partial charge < -0.3 is 15.3 Å². The fourth-order valence-electron chi connectivity index (χ4n) is 5.03. The van der Waals surface area contributed by atoms with Gasteiger partial charge in [0.05, 0.1) is 50.3 Å². The largest absolute Gasteiger partial charge is 0.478 e. The van der Waals surface area contributed by atoms with E-state index in [1.807, 2.05) is 31.2 Å². The van der Waals surface area contributed by atoms with Gasteiger partial charge >= 0.3 is 11.9 Å². The summed E-state index contributed by atoms with van der Waals surface area (Å²) in [5, 5.41) is 29.9. The Morgan fingerprint density at radius 2 is 1.08 bits per heavy atom. The third-order valence-corrected chi connectivity index (χ3v) is 7.02. The summed E-state index contributed by atoms with van der Waals surface area (Å²) in [6.45, 7) is 3.65. The van der Waals surface area contributed by atoms with Crippen molar-refractivity contribution in [1.29, 1.82) is 0 Å². The number of para-hydroxylation sites is 3. The molecule has 6 rings (SSSR count). The molecule has 39 heavy (non-hydrogen) atoms. The van der Waals surface area contributed by atoms with Gasteiger partial charge in [0, 0.05) is 11.5 Å². The average molecular weight is 519 g/mol. The summed E-state index contributed by atoms with van der Waals surface area (Å²) in [5.74, 6) is -2.39. The van der Waals surface area contributed by atoms with Crippen molar-refractivity contribution in [3.8, 4) is 0 Å². The van der Waals surface area contributed by atoms with Crippen molar-refractivity contribution in [2.75, 3.05) is 0 Å². The average Bonchev–Trinajstić information content (AvgIpc) is 2.92. The maximum absolute atomic E-state index is 11.8. The van der Waals surface area contributed by atoms with Gasteiger partial charge in [-0.2, -0.15) is 0 Å². The molecule has 0 fully saturated rings. The Morgan fingerprint density at radius 3 is 1.62 bits per heavy atom. The summed E-state index contributed by atoms with van der Waals surface area (Å²) in [5.41, 5.74) is 6.08. The highest BCUT2D eigenvalue weighted by Gasteiger charge is 2.21. The lowest BCUT2D eigenvalue weighted by molar-refractivity contribution is 0.0688. The molecule has 2 heterocycles. The molecule has 3 N–H and O–H groups in total. The molecule has 0 saturated carbocycles. The van der Waals surface area contributed by atoms with E-state index in [9.17, 15) is 24.9 Å². The van der Waals surface area contributed by atoms with E-state index in [-0.39, 0.29) is 22.6 Å². The Morgan fingerprint density at radius 1 is 0.615 bits per heavy atom. The third-order valence-electron chi connectivity index (χ3n) is 7.02. The first kappa shape index (κ1) is 24.3. The van der Waals surface area contributed by atoms with E-state index in [2.05, 4.69) is 15.0 Å². The minimum atomic E-state index is -1.10. The number of benzene rings is 4. The lowest BCUT2D eigenvalue weighted by Crippen LogP contribution is -2.06. The number of aromatic carboxylic acids is 2. The maximum Gasteiger partial charge on any atom is 0.337 e. The highest BCUT2D eigenvalue weighted by molar-refractivity contribution is 6.04. The highest BCUT2D eigenvalue weighted by atomic mass is 16.4. The van der Waals surface area contributed by atoms with Crippen molar-refractivity contribution in [3.05, 3.63) is 94.5 Å². The second-order valence-corrected chi connectivity index (χ2v) is 9.49. The van der Waals surface area contributed by atoms with Crippen LogP contribution in [0, 0.1) is 0 Å². The van der Waals surface area contributed by atoms with Crippen molar-refractivity contribution in [3.63, 3.8) is 0 Å². The van der Waals surface area contributed by atoms with Gasteiger partial charge in [-0.3, -0.25) is 0 Å². The summed E-state index contributed by atoms with van der Waals surface area (Å²) in [4.78, 5) is 42.3. The first-order valence-corrected chi connectivity index (χ1v) is 12.3. The molecule has 4 aromatic carbocycles. The quantitative estimate of drug-likeness (QED) is 0.252. The smallest absolute Gasteiger partial charge is 0.337 e. The highest BCUT2D eigenvalue weighted by Crippen LogP contribution is 2.35. The predicted octanol–water partition coefficient (Wildman–Crippen LogP) is 5.48. The van der Waals surface area contributed by atoms with Crippen LogP contribution in [0.3, 0.4) is 0 Å². The van der Waals surface area contributed by atoms with Crippen LogP contribution in [0.2, 0.25) is 0 Å². The summed E-state index contributed by atoms with van der Waals surface area (Å²) < 4.78 is 0. The zero-order chi connectivity index (χ0) is 27.4. The van der Waals surface area contributed by atoms with E-state index in [1.54, 1.807) is 37.3 Å². The number of carboxylic acid groups (broad SMARTS) is 2. The molecule has 192 valence electrons. The molecule has 0 saturated heterocycles. The Hall–Kier alpha value is -5.02. The second kappa shape index (κ2) is 9.07. The van der Waals surface area contributed by atoms with Gasteiger partial charge in [0.15, 0.2) is 0 Å². The molecule has 0 aliphatic heterocycles. The Bertz CT molecular complexity index is 1990. The molecule has 0 spiro atoms. The van der Waals surface area contributed by atoms with Gasteiger partial charge in [-0.25, -0.2) is 29.5 Å². The number of carbonyl (C=O) groups is 2. The Labute approximate surface area is 221 Å². The van der Waals surface area contributed by atoms with E-state index in [0.717, 1.165) is 11.1 Å². The van der Waals surface area contributed by atoms with Crippen LogP contribution in [-0.4, -0.2) is 47.2 Å². The summed E-state index contributed by atoms with van der Waals surface area (Å²) >= 11 is 0. The molecule has 0 amide bonds. The minimum absolute atomic E-state index is 0.0517. The maximum atomic E-state index is 11.8. The molecular formula is C30H22N4O5. The fourth-order valence-corrected chi connectivity index (χ4v) is 5.03. The number of hydrogen-bond acceptors (Lipinski definition) is 7. The van der Waals surface area contributed by atoms with Crippen LogP contribution in [0.25, 0.3) is 44.1 Å². The first-order chi connectivity index (χ1) is 18.7. The second-order valence-electron chi connectivity index (χ2n) is 9.49. The molecule has 0 unspecified atom stereocenters. The first-order valence-electron chi connectivity index (χ1n) is 12.3. The molecule has 0 aliphatic rings. The van der Waals surface area contributed by atoms with Crippen LogP contribution in [0.5, 0.6) is 0 Å². The minimum Gasteiger partial charge on any atom is -0.478 e. The lowest BCUT2D eigenvalue weighted by atomic mass is 9.89. The molecule has 0 bridgehead atoms. The van der Waals surface area contributed by atoms with Gasteiger partial charge in [-0.1, -0.05) is 37.3 Å². The molecule has 0 radical (unpaired) electrons. The van der Waals surface area contributed by atoms with E-state index >= 15 is 0 Å². The van der Waals surface area contributed by atoms with Crippen molar-refractivity contribution >= 4 is 56.1 Å². The number of hydrogen-bond donors (Lipinski definition) is 3. The lowest BCUT2D eigenvalue weighted by Gasteiger charge is -2.18. The van der Waals surface area contributed by atoms with Crippen molar-refractivity contribution in [2.45, 2.75) is 25.9 Å². The molecule has 2 aromatic heterocycles. The van der Waals surface area contributed by atoms with Gasteiger partial charge in [-0.05, 0) is 54.4 Å². The van der Waals surface area contributed by atoms with Gasteiger partial charge in [0.25, 0.3) is 0 Å². The number of aliphatic hydroxyl groups is 1. The van der Waals surface area contributed by atoms with Gasteiger partial charge in [-0.15, -0.1) is 0 Å². The number of fused-ring (bicyclic) bond motifs is 4. The molecule has 9 nitrogen and oxygen atoms in total. The van der Waals surface area contributed by atoms with Crippen LogP contribution in [0.15, 0.2) is 66.7 Å². The SMILES string of the molecule is C[C@H](c1cc([C@@H](C)O)c2nc3cccc(C(=O)O)c3nc2c1)c1cccc2nc3c(C(=O)O)cccc3nc12. The molecular weight excluding hydrogens is 496 g/mol. The van der Waals surface area contributed by atoms with Crippen molar-refractivity contribution in [2.24, 2.45) is 0 Å². The summed E-state index contributed by atoms with van der Waals surface area (Å²) in [6, 6.07) is 19.0. The van der Waals surface area contributed by atoms with E-state index in [0.29, 0.717) is 44.2 Å². The topological polar surface area (TPSA) is 146 Å². The number of rotatable bonds is 5. The van der Waals surface area contributed by atoms with E-state index < -0.39 is 18.0 Å². The zero-order valence-electron chi connectivity index (χ0n) is 21.0. The summed E-state index contributed by atoms with van der Waals surface area (Å²) in [7, 11) is 0. The predicted molar refractivity (Wildman–Crippen MR) is 146 cm³/mol. The summed E-state index contributed by atoms with van der Waals surface area (Å²) in [6.07, 6.45) is -0.847. The Kier molecular flexibility index (Phi) is 5.66. The molecule has 2 atom stereocenters. The van der Waals surface area contributed by atoms with Crippen molar-refractivity contribution in [1.82, 2.24) is 19.9 Å². The van der Waals surface area contributed by atoms with E-state index in [1.165, 1.54) is 12.1 Å². The molecule has 6 aromatic rings. The van der Waals surface area contributed by atoms with Crippen LogP contribution >= 0.6 is 0 Å². The number of aliphatic hydroxyl groups excluding tert-OH is 1. The number of nitrogens with zero attached hydrogens (tertiary/aromatic N) is 4. The van der Waals surface area contributed by atoms with Crippen molar-refractivity contribution < 1.29 is 24.9 Å². The Balaban J connectivity index is 1.57. The van der Waals surface area contributed by atoms with Crippen LogP contribution < -0.4 is 0 Å². The standard InChI is InChI=1S/C30H22N4O5/c1-14(17-6-3-9-21-25(17)31-22-10-4-7-18(29(36)37)26(22)32-21)16-12-20(15(2)35)28-24(13-16)34-27-19(30(38)39)8-5-11-23(27)33-28/h3-15,35H,1-2H3,(H,36,37)(H,38,39)/t14-,15-/m1/s1. The monoisotopic (exact) mass is 518 g/mol. The van der Waals surface area contributed by atoms with Crippen LogP contribution in [-0.2, 0) is 0 Å². The molecule has 9 heteroatoms. The van der Waals surface area contributed by atoms with Gasteiger partial charge in [0.2, 0.25) is 0 Å². The zero-order valence-corrected chi connectivity index (χ0v) is 21.0. The molecule has 0 aliphatic carbocycles. The van der Waals surface area contributed by atoms with Crippen LogP contribution in [0.1, 0.15) is 63.3 Å². The normalized spacial score (nSPS) is 13.2. The van der Waals surface area contributed by atoms with E-state index in [4.69, 9.17) is 4.98 Å². The third kappa shape index (κ3) is 4.00. The van der Waals surface area contributed by atoms with Crippen LogP contribution in [0.4, 0.5) is 0 Å². The fraction of sp³-hybridized carbons (Fsp3) is 0.133. The number of aromatic nitrogens is 4. The van der Waals surface area contributed by atoms with Gasteiger partial charge in [0.1, 0.15) is 11.0 Å².